The zero-order chi connectivity index (χ0) is 15.6. The molecule has 0 aliphatic rings. The minimum Gasteiger partial charge on any atom is -0.490 e. The van der Waals surface area contributed by atoms with Gasteiger partial charge in [-0.3, -0.25) is 0 Å². The summed E-state index contributed by atoms with van der Waals surface area (Å²) in [5.74, 6) is 1.70. The Bertz CT molecular complexity index is 389. The molecule has 0 saturated carbocycles. The standard InChI is InChI=1S/C18H29BrO2/c1-4-7-12-18(5-2,15-19)13-14-21-17-11-9-8-10-16(17)20-6-3/h8-11H,4-7,12-15H2,1-3H3. The fraction of sp³-hybridized carbons (Fsp3) is 0.667. The van der Waals surface area contributed by atoms with Crippen LogP contribution in [0.4, 0.5) is 0 Å². The van der Waals surface area contributed by atoms with Gasteiger partial charge < -0.3 is 9.47 Å². The van der Waals surface area contributed by atoms with Gasteiger partial charge in [-0.05, 0) is 43.7 Å². The lowest BCUT2D eigenvalue weighted by molar-refractivity contribution is 0.190. The van der Waals surface area contributed by atoms with E-state index >= 15 is 0 Å². The molecule has 0 spiro atoms. The molecule has 0 saturated heterocycles. The Morgan fingerprint density at radius 1 is 1.00 bits per heavy atom. The van der Waals surface area contributed by atoms with Crippen LogP contribution in [0.15, 0.2) is 24.3 Å². The summed E-state index contributed by atoms with van der Waals surface area (Å²) in [6.07, 6.45) is 6.07. The fourth-order valence-electron chi connectivity index (χ4n) is 2.48. The van der Waals surface area contributed by atoms with Crippen LogP contribution in [0, 0.1) is 5.41 Å². The number of ether oxygens (including phenoxy) is 2. The third-order valence-electron chi connectivity index (χ3n) is 4.13. The molecule has 1 aromatic rings. The maximum atomic E-state index is 5.98. The van der Waals surface area contributed by atoms with Crippen LogP contribution in [-0.2, 0) is 0 Å². The Morgan fingerprint density at radius 2 is 1.67 bits per heavy atom. The van der Waals surface area contributed by atoms with E-state index in [1.54, 1.807) is 0 Å². The van der Waals surface area contributed by atoms with Crippen LogP contribution < -0.4 is 9.47 Å². The molecular weight excluding hydrogens is 328 g/mol. The predicted molar refractivity (Wildman–Crippen MR) is 93.8 cm³/mol. The number of unbranched alkanes of at least 4 members (excludes halogenated alkanes) is 1. The lowest BCUT2D eigenvalue weighted by Gasteiger charge is -2.31. The summed E-state index contributed by atoms with van der Waals surface area (Å²) < 4.78 is 11.6. The molecule has 0 aliphatic heterocycles. The molecule has 1 aromatic carbocycles. The number of rotatable bonds is 11. The first-order valence-corrected chi connectivity index (χ1v) is 9.24. The molecule has 1 unspecified atom stereocenters. The predicted octanol–water partition coefficient (Wildman–Crippen LogP) is 5.84. The number of para-hydroxylation sites is 2. The minimum absolute atomic E-state index is 0.358. The van der Waals surface area contributed by atoms with Gasteiger partial charge in [0, 0.05) is 5.33 Å². The highest BCUT2D eigenvalue weighted by Crippen LogP contribution is 2.35. The SMILES string of the molecule is CCCCC(CC)(CBr)CCOc1ccccc1OCC. The molecule has 21 heavy (non-hydrogen) atoms. The molecule has 0 aliphatic carbocycles. The topological polar surface area (TPSA) is 18.5 Å². The number of halogens is 1. The van der Waals surface area contributed by atoms with E-state index in [-0.39, 0.29) is 0 Å². The highest BCUT2D eigenvalue weighted by molar-refractivity contribution is 9.09. The van der Waals surface area contributed by atoms with Crippen molar-refractivity contribution in [2.75, 3.05) is 18.5 Å². The first-order chi connectivity index (χ1) is 10.2. The summed E-state index contributed by atoms with van der Waals surface area (Å²) in [5.41, 5.74) is 0.358. The van der Waals surface area contributed by atoms with Crippen molar-refractivity contribution in [1.82, 2.24) is 0 Å². The first kappa shape index (κ1) is 18.3. The highest BCUT2D eigenvalue weighted by Gasteiger charge is 2.26. The second kappa shape index (κ2) is 10.1. The molecule has 0 bridgehead atoms. The van der Waals surface area contributed by atoms with E-state index in [0.717, 1.165) is 29.9 Å². The Labute approximate surface area is 138 Å². The minimum atomic E-state index is 0.358. The highest BCUT2D eigenvalue weighted by atomic mass is 79.9. The summed E-state index contributed by atoms with van der Waals surface area (Å²) in [6.45, 7) is 7.94. The smallest absolute Gasteiger partial charge is 0.161 e. The van der Waals surface area contributed by atoms with Gasteiger partial charge in [-0.1, -0.05) is 54.8 Å². The Kier molecular flexibility index (Phi) is 8.82. The van der Waals surface area contributed by atoms with Crippen molar-refractivity contribution >= 4 is 15.9 Å². The quantitative estimate of drug-likeness (QED) is 0.464. The van der Waals surface area contributed by atoms with Crippen LogP contribution >= 0.6 is 15.9 Å². The van der Waals surface area contributed by atoms with Crippen molar-refractivity contribution in [2.45, 2.75) is 52.9 Å². The van der Waals surface area contributed by atoms with Crippen molar-refractivity contribution in [3.05, 3.63) is 24.3 Å². The number of benzene rings is 1. The normalized spacial score (nSPS) is 13.7. The zero-order valence-corrected chi connectivity index (χ0v) is 15.2. The van der Waals surface area contributed by atoms with Gasteiger partial charge in [0.05, 0.1) is 13.2 Å². The van der Waals surface area contributed by atoms with E-state index in [4.69, 9.17) is 9.47 Å². The van der Waals surface area contributed by atoms with Gasteiger partial charge in [-0.15, -0.1) is 0 Å². The van der Waals surface area contributed by atoms with Gasteiger partial charge in [0.1, 0.15) is 0 Å². The molecule has 0 amide bonds. The molecule has 3 heteroatoms. The van der Waals surface area contributed by atoms with Gasteiger partial charge in [-0.25, -0.2) is 0 Å². The molecule has 120 valence electrons. The molecule has 1 rings (SSSR count). The molecule has 0 N–H and O–H groups in total. The molecule has 2 nitrogen and oxygen atoms in total. The summed E-state index contributed by atoms with van der Waals surface area (Å²) in [4.78, 5) is 0. The van der Waals surface area contributed by atoms with Crippen molar-refractivity contribution in [3.63, 3.8) is 0 Å². The Morgan fingerprint density at radius 3 is 2.19 bits per heavy atom. The molecule has 0 fully saturated rings. The van der Waals surface area contributed by atoms with Gasteiger partial charge >= 0.3 is 0 Å². The number of hydrogen-bond donors (Lipinski definition) is 0. The van der Waals surface area contributed by atoms with E-state index in [9.17, 15) is 0 Å². The monoisotopic (exact) mass is 356 g/mol. The van der Waals surface area contributed by atoms with Crippen LogP contribution in [0.1, 0.15) is 52.9 Å². The fourth-order valence-corrected chi connectivity index (χ4v) is 3.44. The van der Waals surface area contributed by atoms with E-state index in [0.29, 0.717) is 12.0 Å². The molecule has 0 radical (unpaired) electrons. The van der Waals surface area contributed by atoms with Crippen molar-refractivity contribution < 1.29 is 9.47 Å². The van der Waals surface area contributed by atoms with Crippen LogP contribution in [-0.4, -0.2) is 18.5 Å². The third-order valence-corrected chi connectivity index (χ3v) is 5.32. The van der Waals surface area contributed by atoms with Gasteiger partial charge in [-0.2, -0.15) is 0 Å². The largest absolute Gasteiger partial charge is 0.490 e. The van der Waals surface area contributed by atoms with Gasteiger partial charge in [0.25, 0.3) is 0 Å². The average molecular weight is 357 g/mol. The lowest BCUT2D eigenvalue weighted by Crippen LogP contribution is -2.24. The average Bonchev–Trinajstić information content (AvgIpc) is 2.53. The van der Waals surface area contributed by atoms with Crippen molar-refractivity contribution in [2.24, 2.45) is 5.41 Å². The maximum Gasteiger partial charge on any atom is 0.161 e. The van der Waals surface area contributed by atoms with Crippen LogP contribution in [0.25, 0.3) is 0 Å². The summed E-state index contributed by atoms with van der Waals surface area (Å²) in [6, 6.07) is 7.92. The second-order valence-corrected chi connectivity index (χ2v) is 6.13. The third kappa shape index (κ3) is 5.90. The summed E-state index contributed by atoms with van der Waals surface area (Å²) in [7, 11) is 0. The van der Waals surface area contributed by atoms with Crippen molar-refractivity contribution in [1.29, 1.82) is 0 Å². The van der Waals surface area contributed by atoms with Gasteiger partial charge in [0.2, 0.25) is 0 Å². The van der Waals surface area contributed by atoms with E-state index in [2.05, 4.69) is 29.8 Å². The second-order valence-electron chi connectivity index (χ2n) is 5.57. The van der Waals surface area contributed by atoms with Crippen molar-refractivity contribution in [3.8, 4) is 11.5 Å². The number of hydrogen-bond acceptors (Lipinski definition) is 2. The molecule has 0 heterocycles. The first-order valence-electron chi connectivity index (χ1n) is 8.12. The summed E-state index contributed by atoms with van der Waals surface area (Å²) in [5, 5.41) is 1.05. The Balaban J connectivity index is 2.57. The van der Waals surface area contributed by atoms with E-state index < -0.39 is 0 Å². The van der Waals surface area contributed by atoms with E-state index in [1.165, 1.54) is 25.7 Å². The Hall–Kier alpha value is -0.700. The lowest BCUT2D eigenvalue weighted by atomic mass is 9.79. The number of alkyl halides is 1. The zero-order valence-electron chi connectivity index (χ0n) is 13.7. The van der Waals surface area contributed by atoms with E-state index in [1.807, 2.05) is 31.2 Å². The van der Waals surface area contributed by atoms with Crippen LogP contribution in [0.5, 0.6) is 11.5 Å². The summed E-state index contributed by atoms with van der Waals surface area (Å²) >= 11 is 3.71. The van der Waals surface area contributed by atoms with Crippen LogP contribution in [0.2, 0.25) is 0 Å². The van der Waals surface area contributed by atoms with Gasteiger partial charge in [0.15, 0.2) is 11.5 Å². The molecule has 1 atom stereocenters. The van der Waals surface area contributed by atoms with Crippen LogP contribution in [0.3, 0.4) is 0 Å². The molecule has 0 aromatic heterocycles. The maximum absolute atomic E-state index is 5.98. The molecular formula is C18H29BrO2.